The average molecular weight is 345 g/mol. The van der Waals surface area contributed by atoms with Gasteiger partial charge in [0.05, 0.1) is 7.11 Å². The van der Waals surface area contributed by atoms with Crippen LogP contribution in [0.3, 0.4) is 0 Å². The Morgan fingerprint density at radius 2 is 1.88 bits per heavy atom. The van der Waals surface area contributed by atoms with E-state index in [1.807, 2.05) is 6.07 Å². The zero-order valence-corrected chi connectivity index (χ0v) is 13.1. The molecule has 0 aromatic heterocycles. The number of carbonyl (C=O) groups excluding carboxylic acids is 1. The summed E-state index contributed by atoms with van der Waals surface area (Å²) >= 11 is 0. The zero-order valence-electron chi connectivity index (χ0n) is 13.1. The Morgan fingerprint density at radius 1 is 1.12 bits per heavy atom. The number of esters is 1. The normalized spacial score (nSPS) is 15.3. The van der Waals surface area contributed by atoms with E-state index < -0.39 is 12.6 Å². The fourth-order valence-electron chi connectivity index (χ4n) is 2.24. The van der Waals surface area contributed by atoms with Gasteiger partial charge in [0.25, 0.3) is 0 Å². The van der Waals surface area contributed by atoms with Gasteiger partial charge >= 0.3 is 12.6 Å². The molecule has 5 nitrogen and oxygen atoms in total. The Morgan fingerprint density at radius 3 is 2.56 bits per heavy atom. The van der Waals surface area contributed by atoms with E-state index in [9.17, 15) is 13.6 Å². The maximum absolute atomic E-state index is 12.4. The minimum atomic E-state index is -2.96. The summed E-state index contributed by atoms with van der Waals surface area (Å²) in [5, 5.41) is 0. The first-order valence-corrected chi connectivity index (χ1v) is 7.27. The van der Waals surface area contributed by atoms with Crippen molar-refractivity contribution < 1.29 is 27.8 Å². The maximum Gasteiger partial charge on any atom is 0.387 e. The molecule has 0 amide bonds. The third-order valence-corrected chi connectivity index (χ3v) is 3.35. The van der Waals surface area contributed by atoms with Crippen LogP contribution in [-0.4, -0.2) is 25.6 Å². The number of benzene rings is 2. The van der Waals surface area contributed by atoms with Crippen molar-refractivity contribution in [1.29, 1.82) is 0 Å². The number of aliphatic imine (C=N–C) groups is 1. The van der Waals surface area contributed by atoms with Crippen molar-refractivity contribution in [3.63, 3.8) is 0 Å². The van der Waals surface area contributed by atoms with E-state index in [4.69, 9.17) is 9.47 Å². The lowest BCUT2D eigenvalue weighted by Crippen LogP contribution is -2.05. The van der Waals surface area contributed by atoms with Crippen molar-refractivity contribution in [2.75, 3.05) is 7.11 Å². The van der Waals surface area contributed by atoms with Crippen molar-refractivity contribution in [3.8, 4) is 11.5 Å². The first-order chi connectivity index (χ1) is 12.1. The van der Waals surface area contributed by atoms with E-state index in [-0.39, 0.29) is 23.1 Å². The van der Waals surface area contributed by atoms with Gasteiger partial charge in [-0.05, 0) is 35.9 Å². The number of cyclic esters (lactones) is 1. The molecule has 2 aromatic rings. The van der Waals surface area contributed by atoms with Crippen LogP contribution in [-0.2, 0) is 9.53 Å². The largest absolute Gasteiger partial charge is 0.493 e. The molecule has 3 rings (SSSR count). The Labute approximate surface area is 142 Å². The summed E-state index contributed by atoms with van der Waals surface area (Å²) in [6.45, 7) is -2.96. The molecule has 1 aliphatic rings. The van der Waals surface area contributed by atoms with Crippen molar-refractivity contribution in [2.24, 2.45) is 4.99 Å². The highest BCUT2D eigenvalue weighted by molar-refractivity contribution is 6.12. The van der Waals surface area contributed by atoms with Gasteiger partial charge in [-0.25, -0.2) is 9.79 Å². The standard InChI is InChI=1S/C18H13F2NO4/c1-23-15-10-11(7-8-14(15)24-18(19)20)9-13-17(22)25-16(21-13)12-5-3-2-4-6-12/h2-10,18H,1H3/b13-9-. The molecule has 0 fully saturated rings. The predicted molar refractivity (Wildman–Crippen MR) is 86.7 cm³/mol. The number of methoxy groups -OCH3 is 1. The molecule has 0 saturated carbocycles. The first kappa shape index (κ1) is 16.6. The van der Waals surface area contributed by atoms with Gasteiger partial charge in [0.15, 0.2) is 17.2 Å². The first-order valence-electron chi connectivity index (χ1n) is 7.27. The molecule has 128 valence electrons. The molecule has 0 radical (unpaired) electrons. The minimum Gasteiger partial charge on any atom is -0.493 e. The van der Waals surface area contributed by atoms with Crippen LogP contribution < -0.4 is 9.47 Å². The Kier molecular flexibility index (Phi) is 4.74. The third kappa shape index (κ3) is 3.82. The SMILES string of the molecule is COc1cc(/C=C2\N=C(c3ccccc3)OC2=O)ccc1OC(F)F. The van der Waals surface area contributed by atoms with E-state index >= 15 is 0 Å². The van der Waals surface area contributed by atoms with Crippen molar-refractivity contribution in [3.05, 3.63) is 65.4 Å². The number of alkyl halides is 2. The second-order valence-corrected chi connectivity index (χ2v) is 4.99. The van der Waals surface area contributed by atoms with Gasteiger partial charge in [-0.15, -0.1) is 0 Å². The lowest BCUT2D eigenvalue weighted by atomic mass is 10.1. The number of ether oxygens (including phenoxy) is 3. The van der Waals surface area contributed by atoms with Crippen molar-refractivity contribution in [2.45, 2.75) is 6.61 Å². The summed E-state index contributed by atoms with van der Waals surface area (Å²) in [6.07, 6.45) is 1.48. The van der Waals surface area contributed by atoms with E-state index in [0.717, 1.165) is 0 Å². The van der Waals surface area contributed by atoms with Gasteiger partial charge in [0, 0.05) is 5.56 Å². The van der Waals surface area contributed by atoms with Crippen LogP contribution in [0.15, 0.2) is 59.2 Å². The highest BCUT2D eigenvalue weighted by atomic mass is 19.3. The molecular formula is C18H13F2NO4. The van der Waals surface area contributed by atoms with E-state index in [2.05, 4.69) is 9.73 Å². The zero-order chi connectivity index (χ0) is 17.8. The van der Waals surface area contributed by atoms with Crippen molar-refractivity contribution in [1.82, 2.24) is 0 Å². The molecule has 1 aliphatic heterocycles. The number of carbonyl (C=O) groups is 1. The molecule has 25 heavy (non-hydrogen) atoms. The lowest BCUT2D eigenvalue weighted by Gasteiger charge is -2.10. The van der Waals surface area contributed by atoms with E-state index in [1.54, 1.807) is 24.3 Å². The molecule has 0 N–H and O–H groups in total. The van der Waals surface area contributed by atoms with Crippen LogP contribution in [0, 0.1) is 0 Å². The Bertz CT molecular complexity index is 847. The molecule has 1 heterocycles. The van der Waals surface area contributed by atoms with Crippen LogP contribution in [0.4, 0.5) is 8.78 Å². The number of halogens is 2. The lowest BCUT2D eigenvalue weighted by molar-refractivity contribution is -0.129. The molecule has 0 aliphatic carbocycles. The van der Waals surface area contributed by atoms with Crippen LogP contribution >= 0.6 is 0 Å². The maximum atomic E-state index is 12.4. The van der Waals surface area contributed by atoms with Crippen LogP contribution in [0.25, 0.3) is 6.08 Å². The minimum absolute atomic E-state index is 0.0953. The van der Waals surface area contributed by atoms with Gasteiger partial charge in [-0.3, -0.25) is 0 Å². The van der Waals surface area contributed by atoms with Gasteiger partial charge < -0.3 is 14.2 Å². The second-order valence-electron chi connectivity index (χ2n) is 4.99. The smallest absolute Gasteiger partial charge is 0.387 e. The quantitative estimate of drug-likeness (QED) is 0.613. The second kappa shape index (κ2) is 7.12. The van der Waals surface area contributed by atoms with E-state index in [0.29, 0.717) is 11.1 Å². The summed E-state index contributed by atoms with van der Waals surface area (Å²) in [7, 11) is 1.33. The van der Waals surface area contributed by atoms with E-state index in [1.165, 1.54) is 31.4 Å². The molecule has 0 bridgehead atoms. The third-order valence-electron chi connectivity index (χ3n) is 3.35. The Hall–Kier alpha value is -3.22. The molecule has 2 aromatic carbocycles. The average Bonchev–Trinajstić information content (AvgIpc) is 2.97. The fraction of sp³-hybridized carbons (Fsp3) is 0.111. The molecule has 0 atom stereocenters. The summed E-state index contributed by atoms with van der Waals surface area (Å²) in [6, 6.07) is 13.3. The van der Waals surface area contributed by atoms with Gasteiger partial charge in [-0.1, -0.05) is 24.3 Å². The number of nitrogens with zero attached hydrogens (tertiary/aromatic N) is 1. The highest BCUT2D eigenvalue weighted by Crippen LogP contribution is 2.30. The fourth-order valence-corrected chi connectivity index (χ4v) is 2.24. The molecule has 0 spiro atoms. The summed E-state index contributed by atoms with van der Waals surface area (Å²) in [4.78, 5) is 16.1. The topological polar surface area (TPSA) is 57.1 Å². The van der Waals surface area contributed by atoms with Crippen LogP contribution in [0.2, 0.25) is 0 Å². The number of rotatable bonds is 5. The monoisotopic (exact) mass is 345 g/mol. The Balaban J connectivity index is 1.89. The predicted octanol–water partition coefficient (Wildman–Crippen LogP) is 3.64. The molecule has 0 unspecified atom stereocenters. The summed E-state index contributed by atoms with van der Waals surface area (Å²) < 4.78 is 39.2. The summed E-state index contributed by atoms with van der Waals surface area (Å²) in [5.41, 5.74) is 1.31. The van der Waals surface area contributed by atoms with Gasteiger partial charge in [0.2, 0.25) is 5.90 Å². The van der Waals surface area contributed by atoms with Crippen LogP contribution in [0.5, 0.6) is 11.5 Å². The molecule has 7 heteroatoms. The van der Waals surface area contributed by atoms with Gasteiger partial charge in [-0.2, -0.15) is 8.78 Å². The summed E-state index contributed by atoms with van der Waals surface area (Å²) in [5.74, 6) is -0.359. The highest BCUT2D eigenvalue weighted by Gasteiger charge is 2.24. The van der Waals surface area contributed by atoms with Gasteiger partial charge in [0.1, 0.15) is 0 Å². The van der Waals surface area contributed by atoms with Crippen LogP contribution in [0.1, 0.15) is 11.1 Å². The van der Waals surface area contributed by atoms with Crippen molar-refractivity contribution >= 4 is 17.9 Å². The number of hydrogen-bond acceptors (Lipinski definition) is 5. The molecular weight excluding hydrogens is 332 g/mol. The molecule has 0 saturated heterocycles. The number of hydrogen-bond donors (Lipinski definition) is 0.